The standard InChI is InChI=1S/C12H12BrN3O2S/c1-8-6-12(15-7-9(8)13)16-19(17,18)11-5-3-2-4-10(11)14/h2-7H,14H2,1H3,(H,15,16). The lowest BCUT2D eigenvalue weighted by Gasteiger charge is -2.10. The number of rotatable bonds is 3. The Kier molecular flexibility index (Phi) is 3.77. The van der Waals surface area contributed by atoms with Crippen molar-refractivity contribution in [3.63, 3.8) is 0 Å². The normalized spacial score (nSPS) is 11.3. The highest BCUT2D eigenvalue weighted by Crippen LogP contribution is 2.22. The molecule has 0 bridgehead atoms. The maximum absolute atomic E-state index is 12.2. The van der Waals surface area contributed by atoms with Crippen LogP contribution < -0.4 is 10.5 Å². The third-order valence-electron chi connectivity index (χ3n) is 2.49. The van der Waals surface area contributed by atoms with Gasteiger partial charge in [0.25, 0.3) is 10.0 Å². The molecule has 5 nitrogen and oxygen atoms in total. The fourth-order valence-corrected chi connectivity index (χ4v) is 2.86. The maximum Gasteiger partial charge on any atom is 0.265 e. The number of anilines is 2. The first-order chi connectivity index (χ1) is 8.90. The summed E-state index contributed by atoms with van der Waals surface area (Å²) >= 11 is 3.31. The Morgan fingerprint density at radius 1 is 1.32 bits per heavy atom. The van der Waals surface area contributed by atoms with Crippen molar-refractivity contribution in [1.82, 2.24) is 4.98 Å². The van der Waals surface area contributed by atoms with Crippen molar-refractivity contribution in [2.24, 2.45) is 0 Å². The summed E-state index contributed by atoms with van der Waals surface area (Å²) in [6.07, 6.45) is 1.54. The van der Waals surface area contributed by atoms with E-state index in [4.69, 9.17) is 5.73 Å². The topological polar surface area (TPSA) is 85.1 Å². The van der Waals surface area contributed by atoms with E-state index >= 15 is 0 Å². The van der Waals surface area contributed by atoms with E-state index in [1.165, 1.54) is 12.1 Å². The molecule has 3 N–H and O–H groups in total. The van der Waals surface area contributed by atoms with Crippen molar-refractivity contribution in [3.05, 3.63) is 46.6 Å². The van der Waals surface area contributed by atoms with Crippen LogP contribution in [0.5, 0.6) is 0 Å². The van der Waals surface area contributed by atoms with Gasteiger partial charge < -0.3 is 5.73 Å². The van der Waals surface area contributed by atoms with Crippen molar-refractivity contribution in [3.8, 4) is 0 Å². The summed E-state index contributed by atoms with van der Waals surface area (Å²) in [4.78, 5) is 4.04. The Hall–Kier alpha value is -1.60. The molecule has 0 aliphatic heterocycles. The zero-order valence-electron chi connectivity index (χ0n) is 10.1. The van der Waals surface area contributed by atoms with Gasteiger partial charge in [-0.15, -0.1) is 0 Å². The third kappa shape index (κ3) is 3.05. The van der Waals surface area contributed by atoms with Crippen molar-refractivity contribution >= 4 is 37.5 Å². The van der Waals surface area contributed by atoms with E-state index in [1.54, 1.807) is 24.4 Å². The van der Waals surface area contributed by atoms with Crippen LogP contribution in [-0.2, 0) is 10.0 Å². The number of sulfonamides is 1. The van der Waals surface area contributed by atoms with Crippen LogP contribution in [0.3, 0.4) is 0 Å². The van der Waals surface area contributed by atoms with E-state index in [2.05, 4.69) is 25.6 Å². The number of benzene rings is 1. The van der Waals surface area contributed by atoms with Crippen LogP contribution in [-0.4, -0.2) is 13.4 Å². The molecule has 0 saturated heterocycles. The maximum atomic E-state index is 12.2. The van der Waals surface area contributed by atoms with E-state index in [0.717, 1.165) is 10.0 Å². The van der Waals surface area contributed by atoms with E-state index in [0.29, 0.717) is 0 Å². The second-order valence-electron chi connectivity index (χ2n) is 3.96. The lowest BCUT2D eigenvalue weighted by Crippen LogP contribution is -2.15. The predicted octanol–water partition coefficient (Wildman–Crippen LogP) is 2.54. The van der Waals surface area contributed by atoms with Gasteiger partial charge in [0.1, 0.15) is 10.7 Å². The molecule has 100 valence electrons. The molecule has 0 spiro atoms. The van der Waals surface area contributed by atoms with E-state index in [9.17, 15) is 8.42 Å². The lowest BCUT2D eigenvalue weighted by atomic mass is 10.3. The van der Waals surface area contributed by atoms with Crippen molar-refractivity contribution in [1.29, 1.82) is 0 Å². The first-order valence-corrected chi connectivity index (χ1v) is 7.67. The molecule has 19 heavy (non-hydrogen) atoms. The molecule has 0 fully saturated rings. The quantitative estimate of drug-likeness (QED) is 0.840. The average Bonchev–Trinajstić information content (AvgIpc) is 2.34. The number of aryl methyl sites for hydroxylation is 1. The lowest BCUT2D eigenvalue weighted by molar-refractivity contribution is 0.601. The minimum absolute atomic E-state index is 0.0392. The highest BCUT2D eigenvalue weighted by Gasteiger charge is 2.17. The molecule has 0 saturated carbocycles. The molecule has 2 rings (SSSR count). The van der Waals surface area contributed by atoms with Gasteiger partial charge in [-0.3, -0.25) is 4.72 Å². The number of nitrogens with two attached hydrogens (primary N) is 1. The molecule has 1 heterocycles. The number of nitrogens with zero attached hydrogens (tertiary/aromatic N) is 1. The Balaban J connectivity index is 2.37. The second-order valence-corrected chi connectivity index (χ2v) is 6.47. The Bertz CT molecular complexity index is 717. The van der Waals surface area contributed by atoms with E-state index < -0.39 is 10.0 Å². The average molecular weight is 342 g/mol. The zero-order valence-corrected chi connectivity index (χ0v) is 12.5. The van der Waals surface area contributed by atoms with Crippen LogP contribution in [0, 0.1) is 6.92 Å². The van der Waals surface area contributed by atoms with Crippen LogP contribution in [0.1, 0.15) is 5.56 Å². The minimum atomic E-state index is -3.73. The highest BCUT2D eigenvalue weighted by molar-refractivity contribution is 9.10. The van der Waals surface area contributed by atoms with E-state index in [-0.39, 0.29) is 16.4 Å². The van der Waals surface area contributed by atoms with Crippen molar-refractivity contribution in [2.75, 3.05) is 10.5 Å². The Labute approximate surface area is 120 Å². The third-order valence-corrected chi connectivity index (χ3v) is 4.75. The van der Waals surface area contributed by atoms with Crippen molar-refractivity contribution in [2.45, 2.75) is 11.8 Å². The van der Waals surface area contributed by atoms with Crippen LogP contribution >= 0.6 is 15.9 Å². The molecular weight excluding hydrogens is 330 g/mol. The second kappa shape index (κ2) is 5.18. The summed E-state index contributed by atoms with van der Waals surface area (Å²) in [5.74, 6) is 0.254. The van der Waals surface area contributed by atoms with Gasteiger partial charge in [0, 0.05) is 10.7 Å². The Morgan fingerprint density at radius 2 is 2.00 bits per heavy atom. The number of hydrogen-bond acceptors (Lipinski definition) is 4. The summed E-state index contributed by atoms with van der Waals surface area (Å²) in [7, 11) is -3.73. The summed E-state index contributed by atoms with van der Waals surface area (Å²) < 4.78 is 27.6. The van der Waals surface area contributed by atoms with Crippen LogP contribution in [0.4, 0.5) is 11.5 Å². The largest absolute Gasteiger partial charge is 0.398 e. The zero-order chi connectivity index (χ0) is 14.0. The fourth-order valence-electron chi connectivity index (χ4n) is 1.51. The summed E-state index contributed by atoms with van der Waals surface area (Å²) in [5, 5.41) is 0. The SMILES string of the molecule is Cc1cc(NS(=O)(=O)c2ccccc2N)ncc1Br. The number of halogens is 1. The highest BCUT2D eigenvalue weighted by atomic mass is 79.9. The molecule has 0 aliphatic rings. The molecule has 0 aliphatic carbocycles. The number of nitrogens with one attached hydrogen (secondary N) is 1. The van der Waals surface area contributed by atoms with Gasteiger partial charge in [0.2, 0.25) is 0 Å². The smallest absolute Gasteiger partial charge is 0.265 e. The summed E-state index contributed by atoms with van der Waals surface area (Å²) in [6, 6.07) is 7.92. The molecule has 2 aromatic rings. The van der Waals surface area contributed by atoms with Gasteiger partial charge in [-0.25, -0.2) is 13.4 Å². The molecule has 1 aromatic carbocycles. The number of aromatic nitrogens is 1. The monoisotopic (exact) mass is 341 g/mol. The van der Waals surface area contributed by atoms with Gasteiger partial charge in [-0.2, -0.15) is 0 Å². The first-order valence-electron chi connectivity index (χ1n) is 5.39. The van der Waals surface area contributed by atoms with Crippen LogP contribution in [0.2, 0.25) is 0 Å². The molecule has 0 unspecified atom stereocenters. The van der Waals surface area contributed by atoms with E-state index in [1.807, 2.05) is 6.92 Å². The predicted molar refractivity (Wildman–Crippen MR) is 78.3 cm³/mol. The first kappa shape index (κ1) is 13.8. The van der Waals surface area contributed by atoms with Crippen LogP contribution in [0.15, 0.2) is 45.9 Å². The fraction of sp³-hybridized carbons (Fsp3) is 0.0833. The number of pyridine rings is 1. The van der Waals surface area contributed by atoms with Gasteiger partial charge in [-0.1, -0.05) is 12.1 Å². The molecule has 1 aromatic heterocycles. The van der Waals surface area contributed by atoms with Gasteiger partial charge in [-0.05, 0) is 46.6 Å². The van der Waals surface area contributed by atoms with Crippen molar-refractivity contribution < 1.29 is 8.42 Å². The van der Waals surface area contributed by atoms with Crippen LogP contribution in [0.25, 0.3) is 0 Å². The summed E-state index contributed by atoms with van der Waals surface area (Å²) in [5.41, 5.74) is 6.75. The Morgan fingerprint density at radius 3 is 2.63 bits per heavy atom. The molecular formula is C12H12BrN3O2S. The number of hydrogen-bond donors (Lipinski definition) is 2. The van der Waals surface area contributed by atoms with Gasteiger partial charge in [0.15, 0.2) is 0 Å². The number of nitrogen functional groups attached to an aromatic ring is 1. The van der Waals surface area contributed by atoms with Gasteiger partial charge >= 0.3 is 0 Å². The molecule has 7 heteroatoms. The summed E-state index contributed by atoms with van der Waals surface area (Å²) in [6.45, 7) is 1.85. The van der Waals surface area contributed by atoms with Gasteiger partial charge in [0.05, 0.1) is 5.69 Å². The molecule has 0 amide bonds. The molecule has 0 atom stereocenters. The number of para-hydroxylation sites is 1. The molecule has 0 radical (unpaired) electrons. The minimum Gasteiger partial charge on any atom is -0.398 e.